The summed E-state index contributed by atoms with van der Waals surface area (Å²) < 4.78 is 6.37. The Balaban J connectivity index is 1.34. The van der Waals surface area contributed by atoms with Crippen molar-refractivity contribution in [1.82, 2.24) is 0 Å². The first-order valence-electron chi connectivity index (χ1n) is 22.5. The van der Waals surface area contributed by atoms with E-state index in [2.05, 4.69) is 232 Å². The van der Waals surface area contributed by atoms with E-state index in [0.29, 0.717) is 0 Å². The normalized spacial score (nSPS) is 14.0. The molecule has 8 aromatic rings. The van der Waals surface area contributed by atoms with Crippen LogP contribution in [0.5, 0.6) is 0 Å². The highest BCUT2D eigenvalue weighted by Crippen LogP contribution is 2.48. The molecule has 0 amide bonds. The third-order valence-corrected chi connectivity index (χ3v) is 13.4. The number of benzene rings is 7. The third-order valence-electron chi connectivity index (χ3n) is 13.4. The van der Waals surface area contributed by atoms with E-state index in [0.717, 1.165) is 27.5 Å². The van der Waals surface area contributed by atoms with Gasteiger partial charge < -0.3 is 14.2 Å². The van der Waals surface area contributed by atoms with E-state index >= 15 is 0 Å². The molecule has 7 aromatic carbocycles. The average Bonchev–Trinajstić information content (AvgIpc) is 3.60. The maximum absolute atomic E-state index is 6.37. The van der Waals surface area contributed by atoms with Crippen molar-refractivity contribution in [2.24, 2.45) is 0 Å². The summed E-state index contributed by atoms with van der Waals surface area (Å²) in [5.74, 6) is 0. The molecule has 0 unspecified atom stereocenters. The molecule has 0 saturated heterocycles. The summed E-state index contributed by atoms with van der Waals surface area (Å²) in [6.45, 7) is 28.1. The highest BCUT2D eigenvalue weighted by molar-refractivity contribution is 7.00. The van der Waals surface area contributed by atoms with Gasteiger partial charge in [0.1, 0.15) is 11.2 Å². The van der Waals surface area contributed by atoms with Crippen molar-refractivity contribution in [2.45, 2.75) is 105 Å². The van der Waals surface area contributed by atoms with Gasteiger partial charge in [0.05, 0.1) is 0 Å². The lowest BCUT2D eigenvalue weighted by molar-refractivity contribution is 0.568. The molecule has 0 spiro atoms. The quantitative estimate of drug-likeness (QED) is 0.166. The standard InChI is InChI=1S/C58H59BN2O/c1-55(2,3)38-30-39(56(4,5)6)33-42(32-38)60-48-22-16-14-20-46(48)59-47-21-15-17-23-49(47)61(43-34-40(57(7,8)9)31-41(35-43)58(10,11)12)51-29-37(28-50(60)54(51)59)36-25-26-53-45(27-36)44-19-13-18-24-52(44)62-53/h13-35H,1-12H3. The van der Waals surface area contributed by atoms with Crippen molar-refractivity contribution >= 4 is 79.2 Å². The number of fused-ring (bicyclic) bond motifs is 7. The molecule has 0 bridgehead atoms. The molecule has 2 aliphatic heterocycles. The number of nitrogens with zero attached hydrogens (tertiary/aromatic N) is 2. The number of hydrogen-bond acceptors (Lipinski definition) is 3. The van der Waals surface area contributed by atoms with Crippen LogP contribution in [0.1, 0.15) is 105 Å². The second-order valence-electron chi connectivity index (χ2n) is 22.0. The summed E-state index contributed by atoms with van der Waals surface area (Å²) in [5.41, 5.74) is 20.6. The van der Waals surface area contributed by atoms with Crippen molar-refractivity contribution in [3.63, 3.8) is 0 Å². The molecule has 310 valence electrons. The number of hydrogen-bond donors (Lipinski definition) is 0. The van der Waals surface area contributed by atoms with E-state index in [1.54, 1.807) is 0 Å². The van der Waals surface area contributed by atoms with Crippen LogP contribution in [0.2, 0.25) is 0 Å². The lowest BCUT2D eigenvalue weighted by Gasteiger charge is -2.45. The van der Waals surface area contributed by atoms with Gasteiger partial charge in [-0.05, 0) is 138 Å². The molecule has 3 nitrogen and oxygen atoms in total. The van der Waals surface area contributed by atoms with Crippen molar-refractivity contribution in [2.75, 3.05) is 9.80 Å². The first-order valence-corrected chi connectivity index (χ1v) is 22.5. The summed E-state index contributed by atoms with van der Waals surface area (Å²) in [6.07, 6.45) is 0. The summed E-state index contributed by atoms with van der Waals surface area (Å²) in [6, 6.07) is 53.1. The fourth-order valence-electron chi connectivity index (χ4n) is 9.74. The van der Waals surface area contributed by atoms with Crippen LogP contribution in [0.3, 0.4) is 0 Å². The topological polar surface area (TPSA) is 19.6 Å². The Morgan fingerprint density at radius 3 is 1.26 bits per heavy atom. The Bertz CT molecular complexity index is 2870. The van der Waals surface area contributed by atoms with Gasteiger partial charge in [0.2, 0.25) is 0 Å². The zero-order valence-corrected chi connectivity index (χ0v) is 38.7. The molecular formula is C58H59BN2O. The molecule has 62 heavy (non-hydrogen) atoms. The van der Waals surface area contributed by atoms with Crippen LogP contribution in [-0.4, -0.2) is 6.71 Å². The Kier molecular flexibility index (Phi) is 8.89. The smallest absolute Gasteiger partial charge is 0.252 e. The van der Waals surface area contributed by atoms with Crippen LogP contribution in [-0.2, 0) is 21.7 Å². The van der Waals surface area contributed by atoms with Crippen molar-refractivity contribution in [3.8, 4) is 11.1 Å². The third kappa shape index (κ3) is 6.57. The van der Waals surface area contributed by atoms with Crippen LogP contribution < -0.4 is 26.2 Å². The average molecular weight is 811 g/mol. The molecule has 10 rings (SSSR count). The number of anilines is 6. The first kappa shape index (κ1) is 40.1. The minimum Gasteiger partial charge on any atom is -0.456 e. The summed E-state index contributed by atoms with van der Waals surface area (Å²) in [7, 11) is 0. The van der Waals surface area contributed by atoms with Crippen molar-refractivity contribution in [3.05, 3.63) is 162 Å². The fraction of sp³-hybridized carbons (Fsp3) is 0.276. The minimum absolute atomic E-state index is 0.0371. The number of rotatable bonds is 3. The molecule has 3 heterocycles. The van der Waals surface area contributed by atoms with Crippen LogP contribution in [0.15, 0.2) is 144 Å². The van der Waals surface area contributed by atoms with Gasteiger partial charge in [-0.25, -0.2) is 0 Å². The fourth-order valence-corrected chi connectivity index (χ4v) is 9.74. The van der Waals surface area contributed by atoms with Crippen molar-refractivity contribution < 1.29 is 4.42 Å². The largest absolute Gasteiger partial charge is 0.456 e. The van der Waals surface area contributed by atoms with Crippen molar-refractivity contribution in [1.29, 1.82) is 0 Å². The lowest BCUT2D eigenvalue weighted by Crippen LogP contribution is -2.61. The van der Waals surface area contributed by atoms with Crippen LogP contribution in [0, 0.1) is 0 Å². The summed E-state index contributed by atoms with van der Waals surface area (Å²) in [5, 5.41) is 2.27. The molecule has 0 aliphatic carbocycles. The molecule has 0 saturated carbocycles. The van der Waals surface area contributed by atoms with Gasteiger partial charge in [-0.15, -0.1) is 0 Å². The monoisotopic (exact) mass is 810 g/mol. The SMILES string of the molecule is CC(C)(C)c1cc(N2c3ccccc3B3c4ccccc4N(c4cc(C(C)(C)C)cc(C(C)(C)C)c4)c4cc(-c5ccc6oc7ccccc7c6c5)cc2c43)cc(C(C)(C)C)c1. The van der Waals surface area contributed by atoms with Crippen LogP contribution in [0.4, 0.5) is 34.1 Å². The summed E-state index contributed by atoms with van der Waals surface area (Å²) >= 11 is 0. The molecule has 0 N–H and O–H groups in total. The predicted octanol–water partition coefficient (Wildman–Crippen LogP) is 14.5. The van der Waals surface area contributed by atoms with Gasteiger partial charge in [-0.2, -0.15) is 0 Å². The van der Waals surface area contributed by atoms with E-state index in [-0.39, 0.29) is 28.4 Å². The molecule has 4 heteroatoms. The number of furan rings is 1. The van der Waals surface area contributed by atoms with E-state index in [9.17, 15) is 0 Å². The Morgan fingerprint density at radius 1 is 0.371 bits per heavy atom. The second-order valence-corrected chi connectivity index (χ2v) is 22.0. The van der Waals surface area contributed by atoms with Gasteiger partial charge in [0.15, 0.2) is 0 Å². The van der Waals surface area contributed by atoms with E-state index in [4.69, 9.17) is 4.42 Å². The Morgan fingerprint density at radius 2 is 0.790 bits per heavy atom. The van der Waals surface area contributed by atoms with Crippen LogP contribution >= 0.6 is 0 Å². The maximum atomic E-state index is 6.37. The molecule has 1 aromatic heterocycles. The van der Waals surface area contributed by atoms with Gasteiger partial charge in [0.25, 0.3) is 6.71 Å². The van der Waals surface area contributed by atoms with E-state index in [1.165, 1.54) is 78.3 Å². The second kappa shape index (κ2) is 13.8. The van der Waals surface area contributed by atoms with Gasteiger partial charge in [-0.3, -0.25) is 0 Å². The Labute approximate surface area is 369 Å². The molecule has 0 atom stereocenters. The molecule has 0 radical (unpaired) electrons. The highest BCUT2D eigenvalue weighted by Gasteiger charge is 2.44. The minimum atomic E-state index is -0.0452. The van der Waals surface area contributed by atoms with Gasteiger partial charge in [0, 0.05) is 44.9 Å². The van der Waals surface area contributed by atoms with E-state index < -0.39 is 0 Å². The first-order chi connectivity index (χ1) is 29.3. The lowest BCUT2D eigenvalue weighted by atomic mass is 9.33. The maximum Gasteiger partial charge on any atom is 0.252 e. The zero-order chi connectivity index (χ0) is 43.7. The molecular weight excluding hydrogens is 751 g/mol. The zero-order valence-electron chi connectivity index (χ0n) is 38.7. The van der Waals surface area contributed by atoms with Gasteiger partial charge >= 0.3 is 0 Å². The molecule has 2 aliphatic rings. The Hall–Kier alpha value is -6.00. The number of para-hydroxylation sites is 3. The van der Waals surface area contributed by atoms with E-state index in [1.807, 2.05) is 0 Å². The predicted molar refractivity (Wildman–Crippen MR) is 268 cm³/mol. The summed E-state index contributed by atoms with van der Waals surface area (Å²) in [4.78, 5) is 5.17. The molecule has 0 fully saturated rings. The van der Waals surface area contributed by atoms with Crippen LogP contribution in [0.25, 0.3) is 33.1 Å². The highest BCUT2D eigenvalue weighted by atomic mass is 16.3. The van der Waals surface area contributed by atoms with Gasteiger partial charge in [-0.1, -0.05) is 156 Å².